The van der Waals surface area contributed by atoms with Crippen molar-refractivity contribution in [1.29, 1.82) is 0 Å². The first-order valence-electron chi connectivity index (χ1n) is 8.50. The molecule has 0 bridgehead atoms. The van der Waals surface area contributed by atoms with Crippen molar-refractivity contribution in [2.24, 2.45) is 4.99 Å². The number of nitrogens with zero attached hydrogens (tertiary/aromatic N) is 1. The highest BCUT2D eigenvalue weighted by Crippen LogP contribution is 2.23. The second-order valence-corrected chi connectivity index (χ2v) is 5.91. The van der Waals surface area contributed by atoms with Crippen molar-refractivity contribution >= 4 is 29.9 Å². The van der Waals surface area contributed by atoms with Crippen LogP contribution in [0.25, 0.3) is 0 Å². The maximum atomic E-state index is 6.12. The number of methoxy groups -OCH3 is 1. The first-order chi connectivity index (χ1) is 11.7. The van der Waals surface area contributed by atoms with Gasteiger partial charge in [0.25, 0.3) is 0 Å². The molecule has 1 aliphatic rings. The van der Waals surface area contributed by atoms with Gasteiger partial charge in [0.05, 0.1) is 13.2 Å². The molecule has 7 heteroatoms. The summed E-state index contributed by atoms with van der Waals surface area (Å²) in [6.07, 6.45) is 2.04. The number of hydrogen-bond donors (Lipinski definition) is 2. The second-order valence-electron chi connectivity index (χ2n) is 5.91. The van der Waals surface area contributed by atoms with Gasteiger partial charge in [0.2, 0.25) is 0 Å². The van der Waals surface area contributed by atoms with Gasteiger partial charge in [-0.05, 0) is 25.0 Å². The van der Waals surface area contributed by atoms with Gasteiger partial charge in [-0.1, -0.05) is 12.1 Å². The van der Waals surface area contributed by atoms with Crippen LogP contribution < -0.4 is 15.4 Å². The zero-order valence-corrected chi connectivity index (χ0v) is 17.7. The summed E-state index contributed by atoms with van der Waals surface area (Å²) < 4.78 is 16.6. The van der Waals surface area contributed by atoms with Crippen LogP contribution in [-0.2, 0) is 16.0 Å². The first-order valence-corrected chi connectivity index (χ1v) is 8.50. The smallest absolute Gasteiger partial charge is 0.191 e. The summed E-state index contributed by atoms with van der Waals surface area (Å²) in [6.45, 7) is 5.75. The number of benzene rings is 1. The normalized spacial score (nSPS) is 17.1. The zero-order chi connectivity index (χ0) is 17.2. The second kappa shape index (κ2) is 12.3. The summed E-state index contributed by atoms with van der Waals surface area (Å²) in [5.41, 5.74) is 2.31. The van der Waals surface area contributed by atoms with E-state index in [1.807, 2.05) is 0 Å². The van der Waals surface area contributed by atoms with Gasteiger partial charge in [0.15, 0.2) is 5.96 Å². The molecule has 1 aliphatic heterocycles. The van der Waals surface area contributed by atoms with Crippen LogP contribution in [0.15, 0.2) is 23.2 Å². The maximum Gasteiger partial charge on any atom is 0.191 e. The van der Waals surface area contributed by atoms with Crippen molar-refractivity contribution in [3.63, 3.8) is 0 Å². The molecule has 1 fully saturated rings. The summed E-state index contributed by atoms with van der Waals surface area (Å²) in [4.78, 5) is 4.24. The van der Waals surface area contributed by atoms with E-state index in [0.717, 1.165) is 49.9 Å². The van der Waals surface area contributed by atoms with Crippen molar-refractivity contribution in [3.8, 4) is 5.75 Å². The molecule has 1 heterocycles. The topological polar surface area (TPSA) is 64.1 Å². The minimum atomic E-state index is 0. The Labute approximate surface area is 167 Å². The number of guanidine groups is 1. The van der Waals surface area contributed by atoms with Crippen LogP contribution in [0.4, 0.5) is 0 Å². The van der Waals surface area contributed by atoms with E-state index in [-0.39, 0.29) is 30.1 Å². The number of halogens is 1. The molecule has 1 aromatic carbocycles. The molecule has 2 N–H and O–H groups in total. The minimum absolute atomic E-state index is 0. The van der Waals surface area contributed by atoms with E-state index in [9.17, 15) is 0 Å². The first kappa shape index (κ1) is 22.0. The Morgan fingerprint density at radius 1 is 1.36 bits per heavy atom. The summed E-state index contributed by atoms with van der Waals surface area (Å²) in [5.74, 6) is 1.70. The van der Waals surface area contributed by atoms with Gasteiger partial charge in [-0.25, -0.2) is 0 Å². The van der Waals surface area contributed by atoms with Gasteiger partial charge in [0, 0.05) is 45.8 Å². The number of aryl methyl sites for hydroxylation is 1. The minimum Gasteiger partial charge on any atom is -0.488 e. The van der Waals surface area contributed by atoms with Crippen LogP contribution in [-0.4, -0.2) is 52.6 Å². The lowest BCUT2D eigenvalue weighted by atomic mass is 10.1. The van der Waals surface area contributed by atoms with Crippen LogP contribution in [0.1, 0.15) is 24.0 Å². The Morgan fingerprint density at radius 2 is 2.20 bits per heavy atom. The van der Waals surface area contributed by atoms with Crippen LogP contribution in [0.2, 0.25) is 0 Å². The maximum absolute atomic E-state index is 6.12. The van der Waals surface area contributed by atoms with Crippen LogP contribution in [0.5, 0.6) is 5.75 Å². The van der Waals surface area contributed by atoms with Gasteiger partial charge < -0.3 is 24.8 Å². The third kappa shape index (κ3) is 7.79. The molecule has 0 aromatic heterocycles. The SMILES string of the molecule is CN=C(NCCCOC)NCc1ccc(C)cc1OC1CCOC1.I. The quantitative estimate of drug-likeness (QED) is 0.269. The predicted molar refractivity (Wildman–Crippen MR) is 111 cm³/mol. The van der Waals surface area contributed by atoms with Crippen LogP contribution >= 0.6 is 24.0 Å². The fourth-order valence-corrected chi connectivity index (χ4v) is 2.53. The molecule has 0 spiro atoms. The zero-order valence-electron chi connectivity index (χ0n) is 15.3. The monoisotopic (exact) mass is 463 g/mol. The van der Waals surface area contributed by atoms with Gasteiger partial charge in [-0.2, -0.15) is 0 Å². The molecule has 25 heavy (non-hydrogen) atoms. The number of hydrogen-bond acceptors (Lipinski definition) is 4. The van der Waals surface area contributed by atoms with Gasteiger partial charge in [-0.15, -0.1) is 24.0 Å². The molecule has 6 nitrogen and oxygen atoms in total. The van der Waals surface area contributed by atoms with E-state index in [0.29, 0.717) is 13.2 Å². The highest BCUT2D eigenvalue weighted by molar-refractivity contribution is 14.0. The average molecular weight is 463 g/mol. The molecular weight excluding hydrogens is 433 g/mol. The van der Waals surface area contributed by atoms with E-state index in [1.165, 1.54) is 5.56 Å². The lowest BCUT2D eigenvalue weighted by Gasteiger charge is -2.18. The van der Waals surface area contributed by atoms with E-state index in [2.05, 4.69) is 40.7 Å². The van der Waals surface area contributed by atoms with Crippen molar-refractivity contribution in [1.82, 2.24) is 10.6 Å². The highest BCUT2D eigenvalue weighted by Gasteiger charge is 2.18. The Bertz CT molecular complexity index is 534. The summed E-state index contributed by atoms with van der Waals surface area (Å²) in [6, 6.07) is 6.29. The van der Waals surface area contributed by atoms with E-state index >= 15 is 0 Å². The summed E-state index contributed by atoms with van der Waals surface area (Å²) in [5, 5.41) is 6.61. The summed E-state index contributed by atoms with van der Waals surface area (Å²) in [7, 11) is 3.48. The molecule has 142 valence electrons. The molecule has 0 amide bonds. The Balaban J connectivity index is 0.00000312. The third-order valence-electron chi connectivity index (χ3n) is 3.89. The third-order valence-corrected chi connectivity index (χ3v) is 3.89. The number of aliphatic imine (C=N–C) groups is 1. The Kier molecular flexibility index (Phi) is 10.8. The Hall–Kier alpha value is -1.06. The van der Waals surface area contributed by atoms with Gasteiger partial charge in [0.1, 0.15) is 11.9 Å². The highest BCUT2D eigenvalue weighted by atomic mass is 127. The molecule has 0 radical (unpaired) electrons. The number of ether oxygens (including phenoxy) is 3. The largest absolute Gasteiger partial charge is 0.488 e. The molecule has 1 saturated heterocycles. The fourth-order valence-electron chi connectivity index (χ4n) is 2.53. The molecular formula is C18H30IN3O3. The number of nitrogens with one attached hydrogen (secondary N) is 2. The van der Waals surface area contributed by atoms with Crippen LogP contribution in [0, 0.1) is 6.92 Å². The predicted octanol–water partition coefficient (Wildman–Crippen LogP) is 2.48. The molecule has 1 unspecified atom stereocenters. The molecule has 1 atom stereocenters. The van der Waals surface area contributed by atoms with Crippen molar-refractivity contribution in [2.75, 3.05) is 40.5 Å². The van der Waals surface area contributed by atoms with Crippen molar-refractivity contribution in [3.05, 3.63) is 29.3 Å². The van der Waals surface area contributed by atoms with Crippen molar-refractivity contribution in [2.45, 2.75) is 32.4 Å². The fraction of sp³-hybridized carbons (Fsp3) is 0.611. The van der Waals surface area contributed by atoms with Gasteiger partial charge in [-0.3, -0.25) is 4.99 Å². The molecule has 0 aliphatic carbocycles. The van der Waals surface area contributed by atoms with Crippen LogP contribution in [0.3, 0.4) is 0 Å². The van der Waals surface area contributed by atoms with Gasteiger partial charge >= 0.3 is 0 Å². The van der Waals surface area contributed by atoms with E-state index < -0.39 is 0 Å². The number of rotatable bonds is 8. The van der Waals surface area contributed by atoms with E-state index in [1.54, 1.807) is 14.2 Å². The lowest BCUT2D eigenvalue weighted by Crippen LogP contribution is -2.37. The molecule has 0 saturated carbocycles. The molecule has 2 rings (SSSR count). The average Bonchev–Trinajstić information content (AvgIpc) is 3.09. The standard InChI is InChI=1S/C18H29N3O3.HI/c1-14-5-6-15(17(11-14)24-16-7-10-23-13-16)12-21-18(19-2)20-8-4-9-22-3;/h5-6,11,16H,4,7-10,12-13H2,1-3H3,(H2,19,20,21);1H. The van der Waals surface area contributed by atoms with E-state index in [4.69, 9.17) is 14.2 Å². The summed E-state index contributed by atoms with van der Waals surface area (Å²) >= 11 is 0. The lowest BCUT2D eigenvalue weighted by molar-refractivity contribution is 0.140. The Morgan fingerprint density at radius 3 is 2.88 bits per heavy atom. The molecule has 1 aromatic rings. The van der Waals surface area contributed by atoms with Crippen molar-refractivity contribution < 1.29 is 14.2 Å².